The molecule has 0 aliphatic carbocycles. The zero-order chi connectivity index (χ0) is 11.3. The third-order valence-corrected chi connectivity index (χ3v) is 4.56. The maximum atomic E-state index is 11.9. The smallest absolute Gasteiger partial charge is 0.0541 e. The van der Waals surface area contributed by atoms with Crippen molar-refractivity contribution in [3.8, 4) is 0 Å². The van der Waals surface area contributed by atoms with E-state index in [9.17, 15) is 4.21 Å². The summed E-state index contributed by atoms with van der Waals surface area (Å²) in [4.78, 5) is 0.848. The second-order valence-electron chi connectivity index (χ2n) is 3.45. The Labute approximate surface area is 102 Å². The van der Waals surface area contributed by atoms with Gasteiger partial charge in [0.2, 0.25) is 0 Å². The molecule has 0 saturated heterocycles. The number of nitrogen functional groups attached to an aromatic ring is 1. The minimum Gasteiger partial charge on any atom is -0.399 e. The second-order valence-corrected chi connectivity index (χ2v) is 5.84. The van der Waals surface area contributed by atoms with Gasteiger partial charge in [0.05, 0.1) is 15.7 Å². The molecule has 0 aliphatic rings. The lowest BCUT2D eigenvalue weighted by Gasteiger charge is -2.05. The van der Waals surface area contributed by atoms with Gasteiger partial charge in [-0.1, -0.05) is 19.8 Å². The quantitative estimate of drug-likeness (QED) is 0.667. The highest BCUT2D eigenvalue weighted by Gasteiger charge is 2.07. The Bertz CT molecular complexity index is 354. The van der Waals surface area contributed by atoms with Gasteiger partial charge in [0.15, 0.2) is 0 Å². The summed E-state index contributed by atoms with van der Waals surface area (Å²) in [7, 11) is -0.907. The highest BCUT2D eigenvalue weighted by atomic mass is 79.9. The Morgan fingerprint density at radius 3 is 2.73 bits per heavy atom. The van der Waals surface area contributed by atoms with E-state index in [1.165, 1.54) is 0 Å². The fourth-order valence-corrected chi connectivity index (χ4v) is 3.42. The normalized spacial score (nSPS) is 12.7. The molecule has 84 valence electrons. The Hall–Kier alpha value is -0.350. The van der Waals surface area contributed by atoms with Crippen LogP contribution < -0.4 is 5.73 Å². The lowest BCUT2D eigenvalue weighted by molar-refractivity contribution is 0.676. The van der Waals surface area contributed by atoms with E-state index in [0.717, 1.165) is 34.4 Å². The van der Waals surface area contributed by atoms with Crippen LogP contribution in [0.15, 0.2) is 27.6 Å². The van der Waals surface area contributed by atoms with Gasteiger partial charge in [0.25, 0.3) is 0 Å². The van der Waals surface area contributed by atoms with Crippen LogP contribution in [0.25, 0.3) is 0 Å². The van der Waals surface area contributed by atoms with Crippen LogP contribution in [0.3, 0.4) is 0 Å². The van der Waals surface area contributed by atoms with Gasteiger partial charge in [-0.05, 0) is 40.5 Å². The van der Waals surface area contributed by atoms with Crippen LogP contribution in [0, 0.1) is 0 Å². The molecular weight excluding hydrogens is 274 g/mol. The molecular formula is C11H16BrNOS. The molecule has 2 nitrogen and oxygen atoms in total. The van der Waals surface area contributed by atoms with Gasteiger partial charge < -0.3 is 5.73 Å². The summed E-state index contributed by atoms with van der Waals surface area (Å²) < 4.78 is 12.7. The maximum Gasteiger partial charge on any atom is 0.0541 e. The van der Waals surface area contributed by atoms with E-state index in [-0.39, 0.29) is 0 Å². The van der Waals surface area contributed by atoms with Crippen molar-refractivity contribution in [3.63, 3.8) is 0 Å². The van der Waals surface area contributed by atoms with E-state index in [1.807, 2.05) is 6.07 Å². The number of nitrogens with two attached hydrogens (primary N) is 1. The predicted octanol–water partition coefficient (Wildman–Crippen LogP) is 3.33. The van der Waals surface area contributed by atoms with Crippen molar-refractivity contribution in [2.75, 3.05) is 11.5 Å². The molecule has 0 fully saturated rings. The molecule has 0 aromatic heterocycles. The van der Waals surface area contributed by atoms with Gasteiger partial charge in [-0.2, -0.15) is 0 Å². The molecule has 2 N–H and O–H groups in total. The van der Waals surface area contributed by atoms with Crippen molar-refractivity contribution in [1.82, 2.24) is 0 Å². The third kappa shape index (κ3) is 3.95. The molecule has 0 spiro atoms. The molecule has 0 amide bonds. The summed E-state index contributed by atoms with van der Waals surface area (Å²) in [5.41, 5.74) is 6.31. The standard InChI is InChI=1S/C11H16BrNOS/c1-2-3-4-7-15(14)11-6-5-9(13)8-10(11)12/h5-6,8H,2-4,7,13H2,1H3. The molecule has 0 bridgehead atoms. The lowest BCUT2D eigenvalue weighted by Crippen LogP contribution is -1.99. The molecule has 0 heterocycles. The first kappa shape index (κ1) is 12.7. The SMILES string of the molecule is CCCCCS(=O)c1ccc(N)cc1Br. The van der Waals surface area contributed by atoms with Crippen molar-refractivity contribution in [3.05, 3.63) is 22.7 Å². The number of rotatable bonds is 5. The monoisotopic (exact) mass is 289 g/mol. The summed E-state index contributed by atoms with van der Waals surface area (Å²) in [6.45, 7) is 2.14. The maximum absolute atomic E-state index is 11.9. The van der Waals surface area contributed by atoms with Gasteiger partial charge in [0.1, 0.15) is 0 Å². The van der Waals surface area contributed by atoms with Gasteiger partial charge >= 0.3 is 0 Å². The van der Waals surface area contributed by atoms with Crippen LogP contribution in [-0.2, 0) is 10.8 Å². The lowest BCUT2D eigenvalue weighted by atomic mass is 10.3. The number of hydrogen-bond acceptors (Lipinski definition) is 2. The third-order valence-electron chi connectivity index (χ3n) is 2.13. The van der Waals surface area contributed by atoms with Crippen LogP contribution in [0.4, 0.5) is 5.69 Å². The summed E-state index contributed by atoms with van der Waals surface area (Å²) in [5.74, 6) is 0.732. The van der Waals surface area contributed by atoms with Crippen LogP contribution in [0.1, 0.15) is 26.2 Å². The van der Waals surface area contributed by atoms with Crippen LogP contribution in [-0.4, -0.2) is 9.96 Å². The minimum atomic E-state index is -0.907. The first-order valence-electron chi connectivity index (χ1n) is 5.08. The van der Waals surface area contributed by atoms with Gasteiger partial charge in [-0.15, -0.1) is 0 Å². The molecule has 1 aromatic carbocycles. The zero-order valence-corrected chi connectivity index (χ0v) is 11.2. The van der Waals surface area contributed by atoms with E-state index in [4.69, 9.17) is 5.73 Å². The minimum absolute atomic E-state index is 0.691. The fraction of sp³-hybridized carbons (Fsp3) is 0.455. The molecule has 1 rings (SSSR count). The average Bonchev–Trinajstić information content (AvgIpc) is 2.17. The summed E-state index contributed by atoms with van der Waals surface area (Å²) in [6.07, 6.45) is 3.30. The van der Waals surface area contributed by atoms with Crippen molar-refractivity contribution >= 4 is 32.4 Å². The Kier molecular flexibility index (Phi) is 5.32. The topological polar surface area (TPSA) is 43.1 Å². The number of hydrogen-bond donors (Lipinski definition) is 1. The predicted molar refractivity (Wildman–Crippen MR) is 69.4 cm³/mol. The summed E-state index contributed by atoms with van der Waals surface area (Å²) in [5, 5.41) is 0. The number of benzene rings is 1. The van der Waals surface area contributed by atoms with Gasteiger partial charge in [-0.25, -0.2) is 0 Å². The first-order valence-corrected chi connectivity index (χ1v) is 7.19. The van der Waals surface area contributed by atoms with Crippen LogP contribution in [0.2, 0.25) is 0 Å². The fourth-order valence-electron chi connectivity index (χ4n) is 1.29. The van der Waals surface area contributed by atoms with E-state index in [1.54, 1.807) is 12.1 Å². The van der Waals surface area contributed by atoms with Gasteiger partial charge in [0, 0.05) is 15.9 Å². The first-order chi connectivity index (χ1) is 7.15. The zero-order valence-electron chi connectivity index (χ0n) is 8.83. The number of unbranched alkanes of at least 4 members (excludes halogenated alkanes) is 2. The largest absolute Gasteiger partial charge is 0.399 e. The molecule has 0 aliphatic heterocycles. The molecule has 0 radical (unpaired) electrons. The van der Waals surface area contributed by atoms with Crippen LogP contribution >= 0.6 is 15.9 Å². The summed E-state index contributed by atoms with van der Waals surface area (Å²) >= 11 is 3.38. The number of halogens is 1. The Morgan fingerprint density at radius 2 is 2.13 bits per heavy atom. The second kappa shape index (κ2) is 6.28. The van der Waals surface area contributed by atoms with Crippen molar-refractivity contribution in [2.45, 2.75) is 31.1 Å². The Morgan fingerprint density at radius 1 is 1.40 bits per heavy atom. The molecule has 1 atom stereocenters. The van der Waals surface area contributed by atoms with Crippen LogP contribution in [0.5, 0.6) is 0 Å². The van der Waals surface area contributed by atoms with Crippen molar-refractivity contribution < 1.29 is 4.21 Å². The molecule has 1 unspecified atom stereocenters. The van der Waals surface area contributed by atoms with E-state index < -0.39 is 10.8 Å². The molecule has 1 aromatic rings. The molecule has 4 heteroatoms. The highest BCUT2D eigenvalue weighted by molar-refractivity contribution is 9.10. The van der Waals surface area contributed by atoms with Gasteiger partial charge in [-0.3, -0.25) is 4.21 Å². The van der Waals surface area contributed by atoms with E-state index in [0.29, 0.717) is 5.69 Å². The average molecular weight is 290 g/mol. The molecule has 0 saturated carbocycles. The number of anilines is 1. The van der Waals surface area contributed by atoms with E-state index >= 15 is 0 Å². The highest BCUT2D eigenvalue weighted by Crippen LogP contribution is 2.23. The van der Waals surface area contributed by atoms with E-state index in [2.05, 4.69) is 22.9 Å². The van der Waals surface area contributed by atoms with Crippen molar-refractivity contribution in [2.24, 2.45) is 0 Å². The summed E-state index contributed by atoms with van der Waals surface area (Å²) in [6, 6.07) is 5.42. The van der Waals surface area contributed by atoms with Crippen molar-refractivity contribution in [1.29, 1.82) is 0 Å². The molecule has 15 heavy (non-hydrogen) atoms. The Balaban J connectivity index is 2.65.